The van der Waals surface area contributed by atoms with E-state index in [0.717, 1.165) is 22.0 Å². The third-order valence-corrected chi connectivity index (χ3v) is 6.29. The Hall–Kier alpha value is -1.29. The Kier molecular flexibility index (Phi) is 4.77. The summed E-state index contributed by atoms with van der Waals surface area (Å²) in [6, 6.07) is 1.19. The number of aromatic carboxylic acids is 1. The maximum atomic E-state index is 12.2. The SMILES string of the molecule is Cc1nc(CCNS(=O)(=O)c2cc(C(=O)O)sc2C)cs1. The van der Waals surface area contributed by atoms with Gasteiger partial charge in [0.05, 0.1) is 15.6 Å². The number of carboxylic acids is 1. The van der Waals surface area contributed by atoms with Gasteiger partial charge >= 0.3 is 5.97 Å². The molecule has 0 aromatic carbocycles. The number of hydrogen-bond donors (Lipinski definition) is 2. The molecule has 0 saturated carbocycles. The summed E-state index contributed by atoms with van der Waals surface area (Å²) in [6.45, 7) is 3.71. The molecular weight excluding hydrogens is 332 g/mol. The van der Waals surface area contributed by atoms with Crippen molar-refractivity contribution < 1.29 is 18.3 Å². The quantitative estimate of drug-likeness (QED) is 0.834. The van der Waals surface area contributed by atoms with Crippen LogP contribution in [0.2, 0.25) is 0 Å². The van der Waals surface area contributed by atoms with E-state index in [-0.39, 0.29) is 16.3 Å². The lowest BCUT2D eigenvalue weighted by molar-refractivity contribution is 0.0702. The second kappa shape index (κ2) is 6.22. The Morgan fingerprint density at radius 1 is 1.43 bits per heavy atom. The zero-order valence-electron chi connectivity index (χ0n) is 11.4. The summed E-state index contributed by atoms with van der Waals surface area (Å²) >= 11 is 2.47. The fourth-order valence-corrected chi connectivity index (χ4v) is 4.86. The van der Waals surface area contributed by atoms with E-state index in [1.807, 2.05) is 12.3 Å². The Balaban J connectivity index is 2.06. The van der Waals surface area contributed by atoms with Gasteiger partial charge in [-0.25, -0.2) is 22.9 Å². The molecule has 0 bridgehead atoms. The normalized spacial score (nSPS) is 11.7. The Bertz CT molecular complexity index is 761. The number of thiazole rings is 1. The van der Waals surface area contributed by atoms with Crippen LogP contribution in [0.1, 0.15) is 25.3 Å². The van der Waals surface area contributed by atoms with Crippen LogP contribution in [0.25, 0.3) is 0 Å². The summed E-state index contributed by atoms with van der Waals surface area (Å²) in [6.07, 6.45) is 0.499. The van der Waals surface area contributed by atoms with Crippen LogP contribution < -0.4 is 4.72 Å². The van der Waals surface area contributed by atoms with Gasteiger partial charge in [-0.2, -0.15) is 0 Å². The standard InChI is InChI=1S/C12H14N2O4S3/c1-7-11(5-10(20-7)12(15)16)21(17,18)13-4-3-9-6-19-8(2)14-9/h5-6,13H,3-4H2,1-2H3,(H,15,16). The Morgan fingerprint density at radius 2 is 2.14 bits per heavy atom. The van der Waals surface area contributed by atoms with E-state index < -0.39 is 16.0 Å². The lowest BCUT2D eigenvalue weighted by atomic mass is 10.3. The van der Waals surface area contributed by atoms with Crippen molar-refractivity contribution in [1.29, 1.82) is 0 Å². The summed E-state index contributed by atoms with van der Waals surface area (Å²) in [7, 11) is -3.69. The molecule has 9 heteroatoms. The largest absolute Gasteiger partial charge is 0.477 e. The number of carboxylic acid groups (broad SMARTS) is 1. The van der Waals surface area contributed by atoms with Crippen molar-refractivity contribution in [3.05, 3.63) is 31.9 Å². The molecule has 0 amide bonds. The molecule has 0 radical (unpaired) electrons. The molecule has 114 valence electrons. The van der Waals surface area contributed by atoms with Crippen LogP contribution in [0.15, 0.2) is 16.3 Å². The zero-order valence-corrected chi connectivity index (χ0v) is 13.9. The number of hydrogen-bond acceptors (Lipinski definition) is 6. The first-order valence-corrected chi connectivity index (χ1v) is 9.22. The average molecular weight is 346 g/mol. The first-order valence-electron chi connectivity index (χ1n) is 6.04. The van der Waals surface area contributed by atoms with Gasteiger partial charge in [0.25, 0.3) is 0 Å². The maximum absolute atomic E-state index is 12.2. The maximum Gasteiger partial charge on any atom is 0.345 e. The van der Waals surface area contributed by atoms with E-state index in [1.54, 1.807) is 6.92 Å². The summed E-state index contributed by atoms with van der Waals surface area (Å²) in [5.74, 6) is -1.12. The highest BCUT2D eigenvalue weighted by molar-refractivity contribution is 7.89. The van der Waals surface area contributed by atoms with Crippen molar-refractivity contribution in [3.8, 4) is 0 Å². The molecule has 0 aliphatic heterocycles. The van der Waals surface area contributed by atoms with Crippen LogP contribution in [-0.2, 0) is 16.4 Å². The number of thiophene rings is 1. The fourth-order valence-electron chi connectivity index (χ4n) is 1.75. The van der Waals surface area contributed by atoms with E-state index >= 15 is 0 Å². The molecule has 0 atom stereocenters. The molecule has 0 aliphatic rings. The zero-order chi connectivity index (χ0) is 15.6. The summed E-state index contributed by atoms with van der Waals surface area (Å²) in [4.78, 5) is 15.6. The topological polar surface area (TPSA) is 96.4 Å². The fraction of sp³-hybridized carbons (Fsp3) is 0.333. The van der Waals surface area contributed by atoms with Gasteiger partial charge in [0.2, 0.25) is 10.0 Å². The highest BCUT2D eigenvalue weighted by Gasteiger charge is 2.21. The predicted octanol–water partition coefficient (Wildman–Crippen LogP) is 2.04. The van der Waals surface area contributed by atoms with E-state index in [2.05, 4.69) is 9.71 Å². The smallest absolute Gasteiger partial charge is 0.345 e. The van der Waals surface area contributed by atoms with Gasteiger partial charge in [-0.3, -0.25) is 0 Å². The van der Waals surface area contributed by atoms with Crippen molar-refractivity contribution in [3.63, 3.8) is 0 Å². The molecule has 2 N–H and O–H groups in total. The molecule has 2 aromatic rings. The van der Waals surface area contributed by atoms with Crippen LogP contribution in [0, 0.1) is 13.8 Å². The minimum Gasteiger partial charge on any atom is -0.477 e. The minimum absolute atomic E-state index is 0.0167. The Morgan fingerprint density at radius 3 is 2.67 bits per heavy atom. The monoisotopic (exact) mass is 346 g/mol. The van der Waals surface area contributed by atoms with E-state index in [1.165, 1.54) is 17.4 Å². The summed E-state index contributed by atoms with van der Waals surface area (Å²) < 4.78 is 26.8. The molecule has 0 saturated heterocycles. The molecule has 0 unspecified atom stereocenters. The summed E-state index contributed by atoms with van der Waals surface area (Å²) in [5.41, 5.74) is 0.841. The molecule has 0 aliphatic carbocycles. The predicted molar refractivity (Wildman–Crippen MR) is 81.8 cm³/mol. The van der Waals surface area contributed by atoms with Crippen LogP contribution in [0.3, 0.4) is 0 Å². The van der Waals surface area contributed by atoms with Crippen molar-refractivity contribution in [2.24, 2.45) is 0 Å². The summed E-state index contributed by atoms with van der Waals surface area (Å²) in [5, 5.41) is 11.7. The van der Waals surface area contributed by atoms with Crippen LogP contribution in [0.5, 0.6) is 0 Å². The minimum atomic E-state index is -3.69. The highest BCUT2D eigenvalue weighted by atomic mass is 32.2. The first kappa shape index (κ1) is 16.1. The van der Waals surface area contributed by atoms with E-state index in [9.17, 15) is 13.2 Å². The molecule has 2 aromatic heterocycles. The molecule has 2 heterocycles. The van der Waals surface area contributed by atoms with Crippen LogP contribution in [-0.4, -0.2) is 31.0 Å². The van der Waals surface area contributed by atoms with Gasteiger partial charge in [-0.15, -0.1) is 22.7 Å². The second-order valence-corrected chi connectivity index (χ2v) is 8.40. The van der Waals surface area contributed by atoms with Gasteiger partial charge in [0.1, 0.15) is 4.88 Å². The van der Waals surface area contributed by atoms with Crippen LogP contribution in [0.4, 0.5) is 0 Å². The lowest BCUT2D eigenvalue weighted by Crippen LogP contribution is -2.26. The third kappa shape index (κ3) is 3.88. The number of aromatic nitrogens is 1. The number of nitrogens with one attached hydrogen (secondary N) is 1. The molecule has 6 nitrogen and oxygen atoms in total. The molecule has 2 rings (SSSR count). The van der Waals surface area contributed by atoms with Crippen LogP contribution >= 0.6 is 22.7 Å². The Labute approximate surface area is 130 Å². The first-order chi connectivity index (χ1) is 9.79. The molecular formula is C12H14N2O4S3. The van der Waals surface area contributed by atoms with Gasteiger partial charge in [0, 0.05) is 23.2 Å². The van der Waals surface area contributed by atoms with E-state index in [4.69, 9.17) is 5.11 Å². The van der Waals surface area contributed by atoms with Gasteiger partial charge in [-0.1, -0.05) is 0 Å². The van der Waals surface area contributed by atoms with Gasteiger partial charge in [0.15, 0.2) is 0 Å². The van der Waals surface area contributed by atoms with E-state index in [0.29, 0.717) is 11.3 Å². The molecule has 21 heavy (non-hydrogen) atoms. The number of sulfonamides is 1. The third-order valence-electron chi connectivity index (χ3n) is 2.71. The number of carbonyl (C=O) groups is 1. The average Bonchev–Trinajstić information content (AvgIpc) is 2.96. The van der Waals surface area contributed by atoms with Gasteiger partial charge in [-0.05, 0) is 19.9 Å². The number of rotatable bonds is 6. The van der Waals surface area contributed by atoms with Crippen molar-refractivity contribution in [2.75, 3.05) is 6.54 Å². The van der Waals surface area contributed by atoms with Crippen molar-refractivity contribution >= 4 is 38.7 Å². The molecule has 0 fully saturated rings. The lowest BCUT2D eigenvalue weighted by Gasteiger charge is -2.05. The number of aryl methyl sites for hydroxylation is 2. The van der Waals surface area contributed by atoms with Gasteiger partial charge < -0.3 is 5.11 Å². The molecule has 0 spiro atoms. The highest BCUT2D eigenvalue weighted by Crippen LogP contribution is 2.25. The van der Waals surface area contributed by atoms with Crippen molar-refractivity contribution in [1.82, 2.24) is 9.71 Å². The second-order valence-electron chi connectivity index (χ2n) is 4.34. The van der Waals surface area contributed by atoms with Crippen molar-refractivity contribution in [2.45, 2.75) is 25.2 Å². The number of nitrogens with zero attached hydrogens (tertiary/aromatic N) is 1.